The van der Waals surface area contributed by atoms with Gasteiger partial charge in [-0.25, -0.2) is 9.38 Å². The van der Waals surface area contributed by atoms with E-state index in [0.29, 0.717) is 18.2 Å². The lowest BCUT2D eigenvalue weighted by atomic mass is 10.1. The molecule has 0 radical (unpaired) electrons. The molecule has 1 saturated heterocycles. The number of likely N-dealkylation sites (N-methyl/N-ethyl adjacent to an activating group) is 1. The van der Waals surface area contributed by atoms with Crippen molar-refractivity contribution in [3.8, 4) is 0 Å². The summed E-state index contributed by atoms with van der Waals surface area (Å²) in [5.41, 5.74) is 1.57. The highest BCUT2D eigenvalue weighted by Gasteiger charge is 2.27. The highest BCUT2D eigenvalue weighted by molar-refractivity contribution is 14.0. The van der Waals surface area contributed by atoms with Gasteiger partial charge in [0.25, 0.3) is 0 Å². The Morgan fingerprint density at radius 1 is 1.33 bits per heavy atom. The van der Waals surface area contributed by atoms with Gasteiger partial charge in [-0.05, 0) is 44.1 Å². The lowest BCUT2D eigenvalue weighted by molar-refractivity contribution is 0.181. The van der Waals surface area contributed by atoms with Crippen LogP contribution in [0.25, 0.3) is 0 Å². The Morgan fingerprint density at radius 2 is 2.07 bits per heavy atom. The number of halogens is 2. The molecule has 0 saturated carbocycles. The first-order valence-corrected chi connectivity index (χ1v) is 9.66. The maximum absolute atomic E-state index is 13.8. The summed E-state index contributed by atoms with van der Waals surface area (Å²) in [6.45, 7) is 12.4. The Morgan fingerprint density at radius 3 is 2.70 bits per heavy atom. The molecule has 7 heteroatoms. The van der Waals surface area contributed by atoms with Crippen molar-refractivity contribution < 1.29 is 9.13 Å². The average Bonchev–Trinajstić information content (AvgIpc) is 3.12. The van der Waals surface area contributed by atoms with Crippen LogP contribution in [-0.2, 0) is 17.9 Å². The molecule has 1 aromatic rings. The topological polar surface area (TPSA) is 40.1 Å². The van der Waals surface area contributed by atoms with Gasteiger partial charge in [0.1, 0.15) is 5.82 Å². The molecule has 1 aliphatic heterocycles. The van der Waals surface area contributed by atoms with E-state index in [4.69, 9.17) is 9.73 Å². The number of rotatable bonds is 8. The predicted molar refractivity (Wildman–Crippen MR) is 120 cm³/mol. The van der Waals surface area contributed by atoms with Gasteiger partial charge in [0.05, 0.1) is 13.2 Å². The molecule has 0 aliphatic carbocycles. The van der Waals surface area contributed by atoms with Crippen molar-refractivity contribution in [2.45, 2.75) is 46.4 Å². The average molecular weight is 492 g/mol. The fourth-order valence-electron chi connectivity index (χ4n) is 3.56. The van der Waals surface area contributed by atoms with Gasteiger partial charge >= 0.3 is 0 Å². The Balaban J connectivity index is 0.00000364. The molecule has 0 spiro atoms. The number of likely N-dealkylation sites (tertiary alicyclic amines) is 1. The number of hydrogen-bond donors (Lipinski definition) is 1. The molecular formula is C20H34FIN4O. The standard InChI is InChI=1S/C20H33FN4O.HI/c1-5-22-20(25-11-10-18(14-25)24(6-2)7-3)23-13-16-8-9-19(21)17(12-16)15-26-4;/h8-9,12,18H,5-7,10-11,13-15H2,1-4H3,(H,22,23);1H. The summed E-state index contributed by atoms with van der Waals surface area (Å²) >= 11 is 0. The van der Waals surface area contributed by atoms with E-state index in [2.05, 4.69) is 35.9 Å². The van der Waals surface area contributed by atoms with Gasteiger partial charge in [0.15, 0.2) is 5.96 Å². The first-order chi connectivity index (χ1) is 12.6. The molecule has 5 nitrogen and oxygen atoms in total. The van der Waals surface area contributed by atoms with Crippen molar-refractivity contribution in [2.75, 3.05) is 39.8 Å². The van der Waals surface area contributed by atoms with Crippen LogP contribution in [0, 0.1) is 5.82 Å². The molecule has 154 valence electrons. The zero-order chi connectivity index (χ0) is 18.9. The third-order valence-electron chi connectivity index (χ3n) is 4.95. The zero-order valence-corrected chi connectivity index (χ0v) is 19.3. The fourth-order valence-corrected chi connectivity index (χ4v) is 3.56. The van der Waals surface area contributed by atoms with E-state index >= 15 is 0 Å². The second-order valence-corrected chi connectivity index (χ2v) is 6.64. The van der Waals surface area contributed by atoms with E-state index in [1.165, 1.54) is 12.5 Å². The number of aliphatic imine (C=N–C) groups is 1. The van der Waals surface area contributed by atoms with Gasteiger partial charge in [-0.1, -0.05) is 19.9 Å². The number of ether oxygens (including phenoxy) is 1. The quantitative estimate of drug-likeness (QED) is 0.343. The molecule has 1 unspecified atom stereocenters. The van der Waals surface area contributed by atoms with Crippen LogP contribution in [0.4, 0.5) is 4.39 Å². The smallest absolute Gasteiger partial charge is 0.194 e. The van der Waals surface area contributed by atoms with Crippen molar-refractivity contribution in [3.63, 3.8) is 0 Å². The molecule has 1 fully saturated rings. The van der Waals surface area contributed by atoms with Crippen molar-refractivity contribution in [2.24, 2.45) is 4.99 Å². The number of benzene rings is 1. The third kappa shape index (κ3) is 6.87. The summed E-state index contributed by atoms with van der Waals surface area (Å²) in [4.78, 5) is 9.65. The van der Waals surface area contributed by atoms with E-state index in [1.807, 2.05) is 6.07 Å². The SMILES string of the molecule is CCNC(=NCc1ccc(F)c(COC)c1)N1CCC(N(CC)CC)C1.I. The number of guanidine groups is 1. The minimum atomic E-state index is -0.229. The van der Waals surface area contributed by atoms with Crippen molar-refractivity contribution >= 4 is 29.9 Å². The summed E-state index contributed by atoms with van der Waals surface area (Å²) < 4.78 is 18.8. The van der Waals surface area contributed by atoms with Gasteiger partial charge < -0.3 is 15.0 Å². The zero-order valence-electron chi connectivity index (χ0n) is 17.0. The normalized spacial score (nSPS) is 17.3. The Bertz CT molecular complexity index is 595. The van der Waals surface area contributed by atoms with E-state index < -0.39 is 0 Å². The van der Waals surface area contributed by atoms with Crippen LogP contribution in [0.2, 0.25) is 0 Å². The first kappa shape index (κ1) is 24.1. The Hall–Kier alpha value is -0.930. The van der Waals surface area contributed by atoms with Crippen molar-refractivity contribution in [1.29, 1.82) is 0 Å². The monoisotopic (exact) mass is 492 g/mol. The van der Waals surface area contributed by atoms with Crippen LogP contribution >= 0.6 is 24.0 Å². The van der Waals surface area contributed by atoms with Crippen LogP contribution < -0.4 is 5.32 Å². The lowest BCUT2D eigenvalue weighted by Gasteiger charge is -2.27. The Kier molecular flexibility index (Phi) is 11.2. The summed E-state index contributed by atoms with van der Waals surface area (Å²) in [7, 11) is 1.58. The van der Waals surface area contributed by atoms with Gasteiger partial charge in [-0.3, -0.25) is 4.90 Å². The van der Waals surface area contributed by atoms with Crippen molar-refractivity contribution in [1.82, 2.24) is 15.1 Å². The lowest BCUT2D eigenvalue weighted by Crippen LogP contribution is -2.43. The summed E-state index contributed by atoms with van der Waals surface area (Å²) in [5.74, 6) is 0.716. The van der Waals surface area contributed by atoms with Gasteiger partial charge in [0, 0.05) is 38.3 Å². The van der Waals surface area contributed by atoms with E-state index in [0.717, 1.165) is 44.2 Å². The maximum Gasteiger partial charge on any atom is 0.194 e. The second kappa shape index (κ2) is 12.5. The molecule has 1 aliphatic rings. The molecule has 1 heterocycles. The van der Waals surface area contributed by atoms with E-state index in [9.17, 15) is 4.39 Å². The summed E-state index contributed by atoms with van der Waals surface area (Å²) in [6, 6.07) is 5.73. The summed E-state index contributed by atoms with van der Waals surface area (Å²) in [5, 5.41) is 3.40. The van der Waals surface area contributed by atoms with Crippen LogP contribution in [0.15, 0.2) is 23.2 Å². The molecule has 1 aromatic carbocycles. The van der Waals surface area contributed by atoms with E-state index in [1.54, 1.807) is 13.2 Å². The first-order valence-electron chi connectivity index (χ1n) is 9.66. The number of methoxy groups -OCH3 is 1. The summed E-state index contributed by atoms with van der Waals surface area (Å²) in [6.07, 6.45) is 1.17. The second-order valence-electron chi connectivity index (χ2n) is 6.64. The van der Waals surface area contributed by atoms with Gasteiger partial charge in [-0.15, -0.1) is 24.0 Å². The van der Waals surface area contributed by atoms with Crippen LogP contribution in [-0.4, -0.2) is 61.6 Å². The molecule has 1 N–H and O–H groups in total. The molecule has 0 amide bonds. The number of nitrogens with zero attached hydrogens (tertiary/aromatic N) is 3. The van der Waals surface area contributed by atoms with Crippen LogP contribution in [0.1, 0.15) is 38.3 Å². The Labute approximate surface area is 180 Å². The van der Waals surface area contributed by atoms with Gasteiger partial charge in [-0.2, -0.15) is 0 Å². The van der Waals surface area contributed by atoms with Gasteiger partial charge in [0.2, 0.25) is 0 Å². The predicted octanol–water partition coefficient (Wildman–Crippen LogP) is 3.47. The van der Waals surface area contributed by atoms with E-state index in [-0.39, 0.29) is 36.4 Å². The molecule has 0 aromatic heterocycles. The maximum atomic E-state index is 13.8. The molecule has 2 rings (SSSR count). The third-order valence-corrected chi connectivity index (χ3v) is 4.95. The number of nitrogens with one attached hydrogen (secondary N) is 1. The molecule has 1 atom stereocenters. The molecule has 27 heavy (non-hydrogen) atoms. The minimum Gasteiger partial charge on any atom is -0.380 e. The highest BCUT2D eigenvalue weighted by atomic mass is 127. The number of hydrogen-bond acceptors (Lipinski definition) is 3. The molecule has 0 bridgehead atoms. The van der Waals surface area contributed by atoms with Crippen LogP contribution in [0.3, 0.4) is 0 Å². The highest BCUT2D eigenvalue weighted by Crippen LogP contribution is 2.17. The fraction of sp³-hybridized carbons (Fsp3) is 0.650. The molecular weight excluding hydrogens is 458 g/mol. The minimum absolute atomic E-state index is 0. The van der Waals surface area contributed by atoms with Crippen molar-refractivity contribution in [3.05, 3.63) is 35.1 Å². The largest absolute Gasteiger partial charge is 0.380 e. The van der Waals surface area contributed by atoms with Crippen LogP contribution in [0.5, 0.6) is 0 Å².